The zero-order valence-electron chi connectivity index (χ0n) is 15.7. The first-order valence-electron chi connectivity index (χ1n) is 9.50. The fourth-order valence-electron chi connectivity index (χ4n) is 3.31. The van der Waals surface area contributed by atoms with Gasteiger partial charge in [0.25, 0.3) is 5.91 Å². The third-order valence-electron chi connectivity index (χ3n) is 4.86. The van der Waals surface area contributed by atoms with Gasteiger partial charge in [0.15, 0.2) is 0 Å². The molecule has 1 amide bonds. The molecule has 1 aliphatic rings. The molecule has 4 rings (SSSR count). The molecule has 6 heteroatoms. The van der Waals surface area contributed by atoms with Crippen molar-refractivity contribution in [1.82, 2.24) is 14.9 Å². The summed E-state index contributed by atoms with van der Waals surface area (Å²) in [5.74, 6) is 0.426. The van der Waals surface area contributed by atoms with Crippen molar-refractivity contribution in [3.05, 3.63) is 84.2 Å². The monoisotopic (exact) mass is 373 g/mol. The zero-order chi connectivity index (χ0) is 19.2. The Kier molecular flexibility index (Phi) is 5.47. The van der Waals surface area contributed by atoms with Crippen molar-refractivity contribution in [2.75, 3.05) is 36.4 Å². The van der Waals surface area contributed by atoms with Crippen molar-refractivity contribution in [1.29, 1.82) is 0 Å². The van der Waals surface area contributed by atoms with Gasteiger partial charge in [-0.1, -0.05) is 48.5 Å². The predicted molar refractivity (Wildman–Crippen MR) is 110 cm³/mol. The van der Waals surface area contributed by atoms with Crippen LogP contribution < -0.4 is 10.2 Å². The van der Waals surface area contributed by atoms with Crippen LogP contribution in [0.4, 0.5) is 11.6 Å². The Hall–Kier alpha value is -3.41. The third kappa shape index (κ3) is 4.28. The maximum Gasteiger partial charge on any atom is 0.272 e. The van der Waals surface area contributed by atoms with Gasteiger partial charge in [-0.25, -0.2) is 9.97 Å². The molecule has 1 fully saturated rings. The van der Waals surface area contributed by atoms with Crippen LogP contribution in [0, 0.1) is 0 Å². The molecule has 1 saturated heterocycles. The van der Waals surface area contributed by atoms with E-state index in [0.717, 1.165) is 18.7 Å². The number of benzene rings is 2. The highest BCUT2D eigenvalue weighted by molar-refractivity contribution is 5.92. The molecule has 0 bridgehead atoms. The summed E-state index contributed by atoms with van der Waals surface area (Å²) < 4.78 is 0. The van der Waals surface area contributed by atoms with Crippen molar-refractivity contribution >= 4 is 17.5 Å². The van der Waals surface area contributed by atoms with Crippen molar-refractivity contribution in [3.8, 4) is 0 Å². The molecule has 0 unspecified atom stereocenters. The number of para-hydroxylation sites is 1. The van der Waals surface area contributed by atoms with Gasteiger partial charge in [0.2, 0.25) is 5.95 Å². The second kappa shape index (κ2) is 8.52. The Morgan fingerprint density at radius 1 is 0.893 bits per heavy atom. The quantitative estimate of drug-likeness (QED) is 0.745. The molecular weight excluding hydrogens is 350 g/mol. The highest BCUT2D eigenvalue weighted by Gasteiger charge is 2.23. The van der Waals surface area contributed by atoms with Crippen LogP contribution in [0.15, 0.2) is 72.9 Å². The Bertz CT molecular complexity index is 908. The number of aromatic nitrogens is 2. The maximum atomic E-state index is 12.9. The largest absolute Gasteiger partial charge is 0.368 e. The smallest absolute Gasteiger partial charge is 0.272 e. The van der Waals surface area contributed by atoms with E-state index in [-0.39, 0.29) is 5.91 Å². The Labute approximate surface area is 164 Å². The van der Waals surface area contributed by atoms with Crippen molar-refractivity contribution < 1.29 is 4.79 Å². The number of amides is 1. The Balaban J connectivity index is 1.36. The van der Waals surface area contributed by atoms with Crippen LogP contribution in [0.5, 0.6) is 0 Å². The zero-order valence-corrected chi connectivity index (χ0v) is 15.7. The molecular formula is C22H23N5O. The van der Waals surface area contributed by atoms with Crippen LogP contribution in [0.1, 0.15) is 16.1 Å². The average molecular weight is 373 g/mol. The van der Waals surface area contributed by atoms with E-state index in [0.29, 0.717) is 31.3 Å². The number of hydrogen-bond acceptors (Lipinski definition) is 5. The van der Waals surface area contributed by atoms with Gasteiger partial charge < -0.3 is 15.1 Å². The van der Waals surface area contributed by atoms with Crippen LogP contribution in [0.3, 0.4) is 0 Å². The highest BCUT2D eigenvalue weighted by atomic mass is 16.2. The van der Waals surface area contributed by atoms with E-state index in [1.807, 2.05) is 53.4 Å². The van der Waals surface area contributed by atoms with Gasteiger partial charge in [0.1, 0.15) is 5.69 Å². The highest BCUT2D eigenvalue weighted by Crippen LogP contribution is 2.16. The number of carbonyl (C=O) groups is 1. The topological polar surface area (TPSA) is 61.4 Å². The minimum Gasteiger partial charge on any atom is -0.368 e. The number of piperazine rings is 1. The summed E-state index contributed by atoms with van der Waals surface area (Å²) in [6, 6.07) is 22.0. The summed E-state index contributed by atoms with van der Waals surface area (Å²) in [5.41, 5.74) is 2.77. The Morgan fingerprint density at radius 3 is 2.29 bits per heavy atom. The van der Waals surface area contributed by atoms with Crippen LogP contribution in [-0.4, -0.2) is 47.0 Å². The van der Waals surface area contributed by atoms with Gasteiger partial charge in [-0.15, -0.1) is 0 Å². The lowest BCUT2D eigenvalue weighted by atomic mass is 10.2. The SMILES string of the molecule is O=C(c1ccnc(NCc2ccccc2)n1)N1CCN(c2ccccc2)CC1. The first kappa shape index (κ1) is 18.0. The van der Waals surface area contributed by atoms with Crippen LogP contribution in [0.2, 0.25) is 0 Å². The molecule has 1 aromatic heterocycles. The molecule has 0 radical (unpaired) electrons. The minimum atomic E-state index is -0.0436. The van der Waals surface area contributed by atoms with Gasteiger partial charge in [0, 0.05) is 44.6 Å². The average Bonchev–Trinajstić information content (AvgIpc) is 2.79. The summed E-state index contributed by atoms with van der Waals surface area (Å²) in [4.78, 5) is 25.7. The van der Waals surface area contributed by atoms with E-state index in [1.165, 1.54) is 5.69 Å². The Morgan fingerprint density at radius 2 is 1.57 bits per heavy atom. The number of anilines is 2. The van der Waals surface area contributed by atoms with Crippen molar-refractivity contribution in [2.45, 2.75) is 6.54 Å². The molecule has 0 saturated carbocycles. The van der Waals surface area contributed by atoms with E-state index in [1.54, 1.807) is 12.3 Å². The number of nitrogens with one attached hydrogen (secondary N) is 1. The molecule has 1 aliphatic heterocycles. The molecule has 142 valence electrons. The molecule has 6 nitrogen and oxygen atoms in total. The van der Waals surface area contributed by atoms with Crippen LogP contribution >= 0.6 is 0 Å². The lowest BCUT2D eigenvalue weighted by Crippen LogP contribution is -2.49. The fraction of sp³-hybridized carbons (Fsp3) is 0.227. The molecule has 0 atom stereocenters. The summed E-state index contributed by atoms with van der Waals surface area (Å²) in [7, 11) is 0. The minimum absolute atomic E-state index is 0.0436. The second-order valence-electron chi connectivity index (χ2n) is 6.72. The number of carbonyl (C=O) groups excluding carboxylic acids is 1. The molecule has 0 spiro atoms. The van der Waals surface area contributed by atoms with E-state index < -0.39 is 0 Å². The van der Waals surface area contributed by atoms with Crippen LogP contribution in [-0.2, 0) is 6.54 Å². The van der Waals surface area contributed by atoms with Gasteiger partial charge >= 0.3 is 0 Å². The number of rotatable bonds is 5. The van der Waals surface area contributed by atoms with Gasteiger partial charge in [0.05, 0.1) is 0 Å². The number of hydrogen-bond donors (Lipinski definition) is 1. The molecule has 0 aliphatic carbocycles. The lowest BCUT2D eigenvalue weighted by molar-refractivity contribution is 0.0741. The first-order chi connectivity index (χ1) is 13.8. The van der Waals surface area contributed by atoms with Gasteiger partial charge in [-0.3, -0.25) is 4.79 Å². The van der Waals surface area contributed by atoms with Crippen LogP contribution in [0.25, 0.3) is 0 Å². The van der Waals surface area contributed by atoms with E-state index in [2.05, 4.69) is 32.3 Å². The second-order valence-corrected chi connectivity index (χ2v) is 6.72. The lowest BCUT2D eigenvalue weighted by Gasteiger charge is -2.36. The standard InChI is InChI=1S/C22H23N5O/c28-21(27-15-13-26(14-16-27)19-9-5-2-6-10-19)20-11-12-23-22(25-20)24-17-18-7-3-1-4-8-18/h1-12H,13-17H2,(H,23,24,25). The van der Waals surface area contributed by atoms with E-state index in [9.17, 15) is 4.79 Å². The summed E-state index contributed by atoms with van der Waals surface area (Å²) in [5, 5.41) is 3.19. The molecule has 2 heterocycles. The normalized spacial score (nSPS) is 14.0. The summed E-state index contributed by atoms with van der Waals surface area (Å²) in [6.07, 6.45) is 1.63. The number of nitrogens with zero attached hydrogens (tertiary/aromatic N) is 4. The predicted octanol–water partition coefficient (Wildman–Crippen LogP) is 3.05. The summed E-state index contributed by atoms with van der Waals surface area (Å²) in [6.45, 7) is 3.63. The van der Waals surface area contributed by atoms with Crippen molar-refractivity contribution in [2.24, 2.45) is 0 Å². The van der Waals surface area contributed by atoms with Gasteiger partial charge in [-0.05, 0) is 23.8 Å². The molecule has 2 aromatic carbocycles. The third-order valence-corrected chi connectivity index (χ3v) is 4.86. The molecule has 28 heavy (non-hydrogen) atoms. The molecule has 3 aromatic rings. The summed E-state index contributed by atoms with van der Waals surface area (Å²) >= 11 is 0. The first-order valence-corrected chi connectivity index (χ1v) is 9.50. The maximum absolute atomic E-state index is 12.9. The fourth-order valence-corrected chi connectivity index (χ4v) is 3.31. The van der Waals surface area contributed by atoms with Crippen molar-refractivity contribution in [3.63, 3.8) is 0 Å². The van der Waals surface area contributed by atoms with Gasteiger partial charge in [-0.2, -0.15) is 0 Å². The molecule has 1 N–H and O–H groups in total. The van der Waals surface area contributed by atoms with E-state index >= 15 is 0 Å². The van der Waals surface area contributed by atoms with E-state index in [4.69, 9.17) is 0 Å².